The molecule has 0 bridgehead atoms. The molecule has 0 saturated heterocycles. The molecular weight excluding hydrogens is 352 g/mol. The standard InChI is InChI=1S/C23H20N2OS/c1-2-19(16-8-4-3-5-9-16)22(26)24-18-14-12-17(13-15-18)23-25-20-10-6-7-11-21(20)27-23/h3-15,19H,2H2,1H3,(H,24,26)/t19-/m1/s1. The van der Waals surface area contributed by atoms with Crippen LogP contribution in [-0.2, 0) is 4.79 Å². The van der Waals surface area contributed by atoms with E-state index in [1.54, 1.807) is 11.3 Å². The molecule has 1 amide bonds. The van der Waals surface area contributed by atoms with Crippen LogP contribution in [0.15, 0.2) is 78.9 Å². The first-order valence-electron chi connectivity index (χ1n) is 9.06. The SMILES string of the molecule is CC[C@@H](C(=O)Nc1ccc(-c2nc3ccccc3s2)cc1)c1ccccc1. The summed E-state index contributed by atoms with van der Waals surface area (Å²) < 4.78 is 1.18. The molecule has 0 fully saturated rings. The monoisotopic (exact) mass is 372 g/mol. The van der Waals surface area contributed by atoms with Crippen molar-refractivity contribution in [2.75, 3.05) is 5.32 Å². The molecule has 0 aliphatic heterocycles. The molecule has 27 heavy (non-hydrogen) atoms. The van der Waals surface area contributed by atoms with Gasteiger partial charge < -0.3 is 5.32 Å². The van der Waals surface area contributed by atoms with E-state index in [2.05, 4.69) is 16.4 Å². The third-order valence-electron chi connectivity index (χ3n) is 4.62. The third kappa shape index (κ3) is 3.76. The molecule has 134 valence electrons. The van der Waals surface area contributed by atoms with E-state index in [1.165, 1.54) is 4.70 Å². The van der Waals surface area contributed by atoms with E-state index in [0.29, 0.717) is 0 Å². The van der Waals surface area contributed by atoms with Crippen molar-refractivity contribution in [1.29, 1.82) is 0 Å². The summed E-state index contributed by atoms with van der Waals surface area (Å²) in [6.07, 6.45) is 0.764. The number of carbonyl (C=O) groups excluding carboxylic acids is 1. The molecule has 0 aliphatic carbocycles. The van der Waals surface area contributed by atoms with Crippen LogP contribution in [0.25, 0.3) is 20.8 Å². The largest absolute Gasteiger partial charge is 0.326 e. The number of nitrogens with zero attached hydrogens (tertiary/aromatic N) is 1. The highest BCUT2D eigenvalue weighted by Crippen LogP contribution is 2.31. The summed E-state index contributed by atoms with van der Waals surface area (Å²) in [5.74, 6) is -0.119. The predicted octanol–water partition coefficient (Wildman–Crippen LogP) is 6.10. The zero-order chi connectivity index (χ0) is 18.6. The number of rotatable bonds is 5. The van der Waals surface area contributed by atoms with Crippen LogP contribution in [0.3, 0.4) is 0 Å². The second kappa shape index (κ2) is 7.72. The Morgan fingerprint density at radius 2 is 1.67 bits per heavy atom. The Labute approximate surface area is 162 Å². The van der Waals surface area contributed by atoms with E-state index >= 15 is 0 Å². The van der Waals surface area contributed by atoms with Gasteiger partial charge in [-0.2, -0.15) is 0 Å². The normalized spacial score (nSPS) is 12.0. The molecule has 4 aromatic rings. The number of para-hydroxylation sites is 1. The summed E-state index contributed by atoms with van der Waals surface area (Å²) in [6.45, 7) is 2.04. The van der Waals surface area contributed by atoms with Crippen LogP contribution in [0.5, 0.6) is 0 Å². The molecule has 1 N–H and O–H groups in total. The van der Waals surface area contributed by atoms with Crippen LogP contribution in [0.4, 0.5) is 5.69 Å². The second-order valence-electron chi connectivity index (χ2n) is 6.42. The molecule has 0 radical (unpaired) electrons. The van der Waals surface area contributed by atoms with Crippen molar-refractivity contribution in [2.24, 2.45) is 0 Å². The lowest BCUT2D eigenvalue weighted by atomic mass is 9.95. The van der Waals surface area contributed by atoms with E-state index in [4.69, 9.17) is 0 Å². The lowest BCUT2D eigenvalue weighted by Gasteiger charge is -2.15. The third-order valence-corrected chi connectivity index (χ3v) is 5.71. The van der Waals surface area contributed by atoms with E-state index < -0.39 is 0 Å². The summed E-state index contributed by atoms with van der Waals surface area (Å²) in [5, 5.41) is 4.03. The van der Waals surface area contributed by atoms with Gasteiger partial charge in [0, 0.05) is 11.3 Å². The van der Waals surface area contributed by atoms with Gasteiger partial charge in [0.2, 0.25) is 5.91 Å². The molecule has 0 aliphatic rings. The first kappa shape index (κ1) is 17.4. The lowest BCUT2D eigenvalue weighted by Crippen LogP contribution is -2.20. The quantitative estimate of drug-likeness (QED) is 0.460. The summed E-state index contributed by atoms with van der Waals surface area (Å²) in [4.78, 5) is 17.4. The maximum atomic E-state index is 12.7. The van der Waals surface area contributed by atoms with Crippen LogP contribution in [0, 0.1) is 0 Å². The number of anilines is 1. The van der Waals surface area contributed by atoms with Crippen molar-refractivity contribution in [3.05, 3.63) is 84.4 Å². The maximum absolute atomic E-state index is 12.7. The maximum Gasteiger partial charge on any atom is 0.231 e. The number of hydrogen-bond acceptors (Lipinski definition) is 3. The summed E-state index contributed by atoms with van der Waals surface area (Å²) in [7, 11) is 0. The zero-order valence-electron chi connectivity index (χ0n) is 15.1. The minimum absolute atomic E-state index is 0.0245. The van der Waals surface area contributed by atoms with Gasteiger partial charge in [-0.3, -0.25) is 4.79 Å². The summed E-state index contributed by atoms with van der Waals surface area (Å²) in [6, 6.07) is 26.0. The van der Waals surface area contributed by atoms with Crippen LogP contribution in [-0.4, -0.2) is 10.9 Å². The molecule has 0 unspecified atom stereocenters. The van der Waals surface area contributed by atoms with Crippen molar-refractivity contribution in [1.82, 2.24) is 4.98 Å². The molecule has 1 atom stereocenters. The van der Waals surface area contributed by atoms with Gasteiger partial charge in [0.05, 0.1) is 16.1 Å². The molecule has 4 heteroatoms. The fourth-order valence-corrected chi connectivity index (χ4v) is 4.15. The van der Waals surface area contributed by atoms with E-state index in [0.717, 1.165) is 33.8 Å². The van der Waals surface area contributed by atoms with Gasteiger partial charge in [-0.1, -0.05) is 49.4 Å². The van der Waals surface area contributed by atoms with Crippen LogP contribution >= 0.6 is 11.3 Å². The number of thiazole rings is 1. The number of fused-ring (bicyclic) bond motifs is 1. The van der Waals surface area contributed by atoms with Gasteiger partial charge in [0.1, 0.15) is 5.01 Å². The second-order valence-corrected chi connectivity index (χ2v) is 7.46. The zero-order valence-corrected chi connectivity index (χ0v) is 15.9. The smallest absolute Gasteiger partial charge is 0.231 e. The Hall–Kier alpha value is -2.98. The molecule has 0 spiro atoms. The van der Waals surface area contributed by atoms with Crippen LogP contribution in [0.2, 0.25) is 0 Å². The van der Waals surface area contributed by atoms with Crippen molar-refractivity contribution in [3.63, 3.8) is 0 Å². The Kier molecular flexibility index (Phi) is 4.99. The number of benzene rings is 3. The number of hydrogen-bond donors (Lipinski definition) is 1. The van der Waals surface area contributed by atoms with E-state index in [9.17, 15) is 4.79 Å². The van der Waals surface area contributed by atoms with Gasteiger partial charge in [-0.15, -0.1) is 11.3 Å². The molecule has 1 heterocycles. The van der Waals surface area contributed by atoms with Gasteiger partial charge in [0.15, 0.2) is 0 Å². The Balaban J connectivity index is 1.51. The molecule has 3 aromatic carbocycles. The van der Waals surface area contributed by atoms with Gasteiger partial charge >= 0.3 is 0 Å². The van der Waals surface area contributed by atoms with Gasteiger partial charge in [-0.05, 0) is 48.4 Å². The Bertz CT molecular complexity index is 1020. The first-order chi connectivity index (χ1) is 13.2. The number of nitrogens with one attached hydrogen (secondary N) is 1. The molecule has 4 rings (SSSR count). The minimum Gasteiger partial charge on any atom is -0.326 e. The highest BCUT2D eigenvalue weighted by Gasteiger charge is 2.18. The van der Waals surface area contributed by atoms with Crippen molar-refractivity contribution >= 4 is 33.1 Å². The highest BCUT2D eigenvalue weighted by atomic mass is 32.1. The van der Waals surface area contributed by atoms with Crippen LogP contribution in [0.1, 0.15) is 24.8 Å². The Morgan fingerprint density at radius 1 is 0.963 bits per heavy atom. The molecule has 3 nitrogen and oxygen atoms in total. The lowest BCUT2D eigenvalue weighted by molar-refractivity contribution is -0.117. The molecular formula is C23H20N2OS. The summed E-state index contributed by atoms with van der Waals surface area (Å²) in [5.41, 5.74) is 3.93. The van der Waals surface area contributed by atoms with Crippen LogP contribution < -0.4 is 5.32 Å². The average Bonchev–Trinajstić information content (AvgIpc) is 3.14. The highest BCUT2D eigenvalue weighted by molar-refractivity contribution is 7.21. The van der Waals surface area contributed by atoms with Crippen molar-refractivity contribution < 1.29 is 4.79 Å². The molecule has 1 aromatic heterocycles. The minimum atomic E-state index is -0.143. The average molecular weight is 372 g/mol. The topological polar surface area (TPSA) is 42.0 Å². The number of amides is 1. The summed E-state index contributed by atoms with van der Waals surface area (Å²) >= 11 is 1.68. The van der Waals surface area contributed by atoms with Gasteiger partial charge in [-0.25, -0.2) is 4.98 Å². The van der Waals surface area contributed by atoms with Gasteiger partial charge in [0.25, 0.3) is 0 Å². The van der Waals surface area contributed by atoms with E-state index in [-0.39, 0.29) is 11.8 Å². The first-order valence-corrected chi connectivity index (χ1v) is 9.88. The predicted molar refractivity (Wildman–Crippen MR) is 113 cm³/mol. The van der Waals surface area contributed by atoms with Crippen molar-refractivity contribution in [3.8, 4) is 10.6 Å². The van der Waals surface area contributed by atoms with Crippen molar-refractivity contribution in [2.45, 2.75) is 19.3 Å². The number of aromatic nitrogens is 1. The Morgan fingerprint density at radius 3 is 2.37 bits per heavy atom. The molecule has 0 saturated carbocycles. The van der Waals surface area contributed by atoms with E-state index in [1.807, 2.05) is 79.7 Å². The number of carbonyl (C=O) groups is 1. The fraction of sp³-hybridized carbons (Fsp3) is 0.130. The fourth-order valence-electron chi connectivity index (χ4n) is 3.18.